The SMILES string of the molecule is Cc1ccc(N)cc1-c1nc2cccnc2n1C1CC1. The maximum atomic E-state index is 5.95. The van der Waals surface area contributed by atoms with Crippen LogP contribution in [0.5, 0.6) is 0 Å². The number of nitrogens with two attached hydrogens (primary N) is 1. The molecule has 0 atom stereocenters. The first-order chi connectivity index (χ1) is 9.74. The fourth-order valence-electron chi connectivity index (χ4n) is 2.68. The normalized spacial score (nSPS) is 14.8. The Bertz CT molecular complexity index is 799. The lowest BCUT2D eigenvalue weighted by Crippen LogP contribution is -2.00. The zero-order valence-corrected chi connectivity index (χ0v) is 11.4. The number of nitrogen functional groups attached to an aromatic ring is 1. The first-order valence-electron chi connectivity index (χ1n) is 6.93. The van der Waals surface area contributed by atoms with Crippen molar-refractivity contribution in [2.45, 2.75) is 25.8 Å². The second kappa shape index (κ2) is 4.07. The highest BCUT2D eigenvalue weighted by Gasteiger charge is 2.29. The second-order valence-corrected chi connectivity index (χ2v) is 5.46. The highest BCUT2D eigenvalue weighted by molar-refractivity contribution is 5.79. The molecule has 3 aromatic rings. The predicted molar refractivity (Wildman–Crippen MR) is 80.4 cm³/mol. The Morgan fingerprint density at radius 3 is 2.90 bits per heavy atom. The molecule has 4 heteroatoms. The average molecular weight is 264 g/mol. The van der Waals surface area contributed by atoms with E-state index in [0.29, 0.717) is 6.04 Å². The van der Waals surface area contributed by atoms with Gasteiger partial charge in [-0.15, -0.1) is 0 Å². The molecule has 20 heavy (non-hydrogen) atoms. The number of nitrogens with zero attached hydrogens (tertiary/aromatic N) is 3. The summed E-state index contributed by atoms with van der Waals surface area (Å²) in [7, 11) is 0. The zero-order valence-electron chi connectivity index (χ0n) is 11.4. The lowest BCUT2D eigenvalue weighted by atomic mass is 10.1. The molecule has 0 spiro atoms. The van der Waals surface area contributed by atoms with E-state index in [0.717, 1.165) is 28.2 Å². The van der Waals surface area contributed by atoms with Gasteiger partial charge < -0.3 is 10.3 Å². The zero-order chi connectivity index (χ0) is 13.7. The largest absolute Gasteiger partial charge is 0.399 e. The molecule has 2 heterocycles. The number of pyridine rings is 1. The molecule has 1 aliphatic rings. The molecule has 2 N–H and O–H groups in total. The van der Waals surface area contributed by atoms with Gasteiger partial charge in [-0.2, -0.15) is 0 Å². The molecule has 0 radical (unpaired) electrons. The smallest absolute Gasteiger partial charge is 0.160 e. The summed E-state index contributed by atoms with van der Waals surface area (Å²) in [5.74, 6) is 0.992. The number of imidazole rings is 1. The lowest BCUT2D eigenvalue weighted by Gasteiger charge is -2.10. The average Bonchev–Trinajstić information content (AvgIpc) is 3.21. The van der Waals surface area contributed by atoms with Crippen LogP contribution in [0.1, 0.15) is 24.4 Å². The summed E-state index contributed by atoms with van der Waals surface area (Å²) in [5.41, 5.74) is 11.0. The highest BCUT2D eigenvalue weighted by atomic mass is 15.2. The van der Waals surface area contributed by atoms with Gasteiger partial charge in [0.15, 0.2) is 5.65 Å². The lowest BCUT2D eigenvalue weighted by molar-refractivity contribution is 0.766. The van der Waals surface area contributed by atoms with Gasteiger partial charge in [-0.25, -0.2) is 9.97 Å². The molecule has 0 amide bonds. The Morgan fingerprint density at radius 2 is 2.10 bits per heavy atom. The van der Waals surface area contributed by atoms with Crippen LogP contribution in [0.3, 0.4) is 0 Å². The van der Waals surface area contributed by atoms with E-state index in [-0.39, 0.29) is 0 Å². The van der Waals surface area contributed by atoms with Crippen molar-refractivity contribution in [2.24, 2.45) is 0 Å². The monoisotopic (exact) mass is 264 g/mol. The topological polar surface area (TPSA) is 56.7 Å². The summed E-state index contributed by atoms with van der Waals surface area (Å²) < 4.78 is 2.27. The molecule has 0 unspecified atom stereocenters. The van der Waals surface area contributed by atoms with Gasteiger partial charge in [-0.1, -0.05) is 6.07 Å². The number of rotatable bonds is 2. The van der Waals surface area contributed by atoms with Crippen molar-refractivity contribution in [3.05, 3.63) is 42.1 Å². The summed E-state index contributed by atoms with van der Waals surface area (Å²) >= 11 is 0. The number of fused-ring (bicyclic) bond motifs is 1. The van der Waals surface area contributed by atoms with Crippen LogP contribution in [0.2, 0.25) is 0 Å². The fourth-order valence-corrected chi connectivity index (χ4v) is 2.68. The molecular weight excluding hydrogens is 248 g/mol. The van der Waals surface area contributed by atoms with Gasteiger partial charge in [0.25, 0.3) is 0 Å². The second-order valence-electron chi connectivity index (χ2n) is 5.46. The molecule has 4 nitrogen and oxygen atoms in total. The Hall–Kier alpha value is -2.36. The van der Waals surface area contributed by atoms with Gasteiger partial charge >= 0.3 is 0 Å². The first kappa shape index (κ1) is 11.5. The summed E-state index contributed by atoms with van der Waals surface area (Å²) in [6.45, 7) is 2.10. The number of aryl methyl sites for hydroxylation is 1. The Morgan fingerprint density at radius 1 is 1.25 bits per heavy atom. The molecular formula is C16H16N4. The number of aromatic nitrogens is 3. The van der Waals surface area contributed by atoms with E-state index in [9.17, 15) is 0 Å². The third-order valence-electron chi connectivity index (χ3n) is 3.86. The minimum absolute atomic E-state index is 0.533. The van der Waals surface area contributed by atoms with E-state index in [2.05, 4.69) is 22.5 Å². The molecule has 0 bridgehead atoms. The quantitative estimate of drug-likeness (QED) is 0.722. The molecule has 4 rings (SSSR count). The maximum absolute atomic E-state index is 5.95. The number of hydrogen-bond donors (Lipinski definition) is 1. The standard InChI is InChI=1S/C16H16N4/c1-10-4-5-11(17)9-13(10)15-19-14-3-2-8-18-16(14)20(15)12-6-7-12/h2-5,8-9,12H,6-7,17H2,1H3. The Kier molecular flexibility index (Phi) is 2.33. The summed E-state index contributed by atoms with van der Waals surface area (Å²) in [6, 6.07) is 10.5. The molecule has 2 aromatic heterocycles. The minimum Gasteiger partial charge on any atom is -0.399 e. The van der Waals surface area contributed by atoms with Crippen LogP contribution in [-0.4, -0.2) is 14.5 Å². The van der Waals surface area contributed by atoms with Gasteiger partial charge in [0.05, 0.1) is 0 Å². The summed E-state index contributed by atoms with van der Waals surface area (Å²) in [4.78, 5) is 9.30. The number of anilines is 1. The Balaban J connectivity index is 2.03. The summed E-state index contributed by atoms with van der Waals surface area (Å²) in [5, 5.41) is 0. The summed E-state index contributed by atoms with van der Waals surface area (Å²) in [6.07, 6.45) is 4.24. The van der Waals surface area contributed by atoms with Crippen molar-refractivity contribution in [3.8, 4) is 11.4 Å². The molecule has 1 aliphatic carbocycles. The van der Waals surface area contributed by atoms with Crippen molar-refractivity contribution >= 4 is 16.9 Å². The van der Waals surface area contributed by atoms with Crippen molar-refractivity contribution in [3.63, 3.8) is 0 Å². The van der Waals surface area contributed by atoms with E-state index < -0.39 is 0 Å². The van der Waals surface area contributed by atoms with Crippen molar-refractivity contribution in [1.82, 2.24) is 14.5 Å². The fraction of sp³-hybridized carbons (Fsp3) is 0.250. The molecule has 1 fully saturated rings. The number of hydrogen-bond acceptors (Lipinski definition) is 3. The van der Waals surface area contributed by atoms with Crippen LogP contribution in [0.4, 0.5) is 5.69 Å². The van der Waals surface area contributed by atoms with Gasteiger partial charge in [0.2, 0.25) is 0 Å². The molecule has 0 saturated heterocycles. The first-order valence-corrected chi connectivity index (χ1v) is 6.93. The molecule has 1 aromatic carbocycles. The van der Waals surface area contributed by atoms with Gasteiger partial charge in [0, 0.05) is 23.5 Å². The van der Waals surface area contributed by atoms with E-state index >= 15 is 0 Å². The van der Waals surface area contributed by atoms with Crippen LogP contribution in [0.15, 0.2) is 36.5 Å². The maximum Gasteiger partial charge on any atom is 0.160 e. The van der Waals surface area contributed by atoms with Gasteiger partial charge in [-0.05, 0) is 49.6 Å². The minimum atomic E-state index is 0.533. The highest BCUT2D eigenvalue weighted by Crippen LogP contribution is 2.41. The van der Waals surface area contributed by atoms with Crippen LogP contribution in [0, 0.1) is 6.92 Å². The van der Waals surface area contributed by atoms with Crippen LogP contribution in [0.25, 0.3) is 22.6 Å². The predicted octanol–water partition coefficient (Wildman–Crippen LogP) is 3.32. The third-order valence-corrected chi connectivity index (χ3v) is 3.86. The van der Waals surface area contributed by atoms with Crippen molar-refractivity contribution in [2.75, 3.05) is 5.73 Å². The number of benzene rings is 1. The van der Waals surface area contributed by atoms with Crippen LogP contribution >= 0.6 is 0 Å². The van der Waals surface area contributed by atoms with E-state index in [1.54, 1.807) is 0 Å². The van der Waals surface area contributed by atoms with E-state index in [1.165, 1.54) is 18.4 Å². The van der Waals surface area contributed by atoms with Crippen molar-refractivity contribution < 1.29 is 0 Å². The van der Waals surface area contributed by atoms with Gasteiger partial charge in [-0.3, -0.25) is 0 Å². The molecule has 0 aliphatic heterocycles. The van der Waals surface area contributed by atoms with Crippen LogP contribution < -0.4 is 5.73 Å². The van der Waals surface area contributed by atoms with E-state index in [1.807, 2.05) is 30.5 Å². The molecule has 100 valence electrons. The van der Waals surface area contributed by atoms with Crippen molar-refractivity contribution in [1.29, 1.82) is 0 Å². The van der Waals surface area contributed by atoms with Gasteiger partial charge in [0.1, 0.15) is 11.3 Å². The van der Waals surface area contributed by atoms with E-state index in [4.69, 9.17) is 10.7 Å². The Labute approximate surface area is 117 Å². The third kappa shape index (κ3) is 1.68. The molecule has 1 saturated carbocycles. The van der Waals surface area contributed by atoms with Crippen LogP contribution in [-0.2, 0) is 0 Å².